The summed E-state index contributed by atoms with van der Waals surface area (Å²) in [7, 11) is -1.05. The molecule has 0 saturated heterocycles. The van der Waals surface area contributed by atoms with Gasteiger partial charge in [-0.15, -0.1) is 11.3 Å². The fraction of sp³-hybridized carbons (Fsp3) is 0.278. The van der Waals surface area contributed by atoms with Crippen molar-refractivity contribution in [3.05, 3.63) is 47.2 Å². The predicted octanol–water partition coefficient (Wildman–Crippen LogP) is 3.40. The quantitative estimate of drug-likeness (QED) is 0.744. The summed E-state index contributed by atoms with van der Waals surface area (Å²) in [4.78, 5) is 14.1. The van der Waals surface area contributed by atoms with Gasteiger partial charge in [-0.05, 0) is 36.9 Å². The second-order valence-corrected chi connectivity index (χ2v) is 9.58. The van der Waals surface area contributed by atoms with Crippen LogP contribution < -0.4 is 5.73 Å². The lowest BCUT2D eigenvalue weighted by Gasteiger charge is -2.30. The average molecular weight is 387 g/mol. The third kappa shape index (κ3) is 2.99. The van der Waals surface area contributed by atoms with Crippen LogP contribution in [0.5, 0.6) is 0 Å². The molecule has 4 heterocycles. The number of pyridine rings is 1. The van der Waals surface area contributed by atoms with Gasteiger partial charge in [-0.2, -0.15) is 0 Å². The van der Waals surface area contributed by atoms with Crippen LogP contribution in [0, 0.1) is 0 Å². The Balaban J connectivity index is 1.64. The SMILES string of the molecule is CC1(C)C(N)=NC(c2cc(-c3cncc(-c4ncco4)c3)cs2)CS1=O. The van der Waals surface area contributed by atoms with E-state index < -0.39 is 15.5 Å². The smallest absolute Gasteiger partial charge is 0.227 e. The molecular weight excluding hydrogens is 368 g/mol. The molecule has 0 amide bonds. The molecule has 2 unspecified atom stereocenters. The maximum atomic E-state index is 12.5. The van der Waals surface area contributed by atoms with Crippen molar-refractivity contribution in [2.75, 3.05) is 5.75 Å². The number of aliphatic imine (C=N–C) groups is 1. The summed E-state index contributed by atoms with van der Waals surface area (Å²) in [5.41, 5.74) is 8.89. The molecule has 26 heavy (non-hydrogen) atoms. The van der Waals surface area contributed by atoms with Gasteiger partial charge in [0.1, 0.15) is 12.1 Å². The van der Waals surface area contributed by atoms with Crippen molar-refractivity contribution in [3.8, 4) is 22.6 Å². The molecule has 0 radical (unpaired) electrons. The van der Waals surface area contributed by atoms with Crippen LogP contribution in [0.15, 0.2) is 51.8 Å². The molecule has 134 valence electrons. The van der Waals surface area contributed by atoms with E-state index in [-0.39, 0.29) is 6.04 Å². The van der Waals surface area contributed by atoms with E-state index in [2.05, 4.69) is 26.4 Å². The number of hydrogen-bond acceptors (Lipinski definition) is 7. The van der Waals surface area contributed by atoms with Crippen LogP contribution in [-0.4, -0.2) is 30.5 Å². The van der Waals surface area contributed by atoms with Gasteiger partial charge >= 0.3 is 0 Å². The van der Waals surface area contributed by atoms with Crippen LogP contribution in [0.3, 0.4) is 0 Å². The lowest BCUT2D eigenvalue weighted by Crippen LogP contribution is -2.47. The Morgan fingerprint density at radius 2 is 2.08 bits per heavy atom. The Labute approximate surface area is 157 Å². The first kappa shape index (κ1) is 17.1. The number of rotatable bonds is 3. The lowest BCUT2D eigenvalue weighted by atomic mass is 10.1. The van der Waals surface area contributed by atoms with Gasteiger partial charge < -0.3 is 10.2 Å². The van der Waals surface area contributed by atoms with Gasteiger partial charge in [0.05, 0.1) is 28.3 Å². The zero-order chi connectivity index (χ0) is 18.3. The van der Waals surface area contributed by atoms with E-state index in [4.69, 9.17) is 10.2 Å². The Kier molecular flexibility index (Phi) is 4.24. The molecule has 0 aromatic carbocycles. The summed E-state index contributed by atoms with van der Waals surface area (Å²) in [6.07, 6.45) is 6.67. The number of oxazole rings is 1. The standard InChI is InChI=1S/C18H18N4O2S2/c1-18(2)17(19)22-14(10-26(18)23)15-6-13(9-25-15)11-5-12(8-20-7-11)16-21-3-4-24-16/h3-9,14H,10H2,1-2H3,(H2,19,22). The molecule has 3 aromatic heterocycles. The molecule has 1 aliphatic rings. The minimum absolute atomic E-state index is 0.162. The number of nitrogens with two attached hydrogens (primary N) is 1. The second-order valence-electron chi connectivity index (χ2n) is 6.59. The van der Waals surface area contributed by atoms with Gasteiger partial charge in [0, 0.05) is 33.6 Å². The molecule has 0 fully saturated rings. The monoisotopic (exact) mass is 386 g/mol. The summed E-state index contributed by atoms with van der Waals surface area (Å²) in [6.45, 7) is 3.75. The molecule has 0 saturated carbocycles. The number of aromatic nitrogens is 2. The number of amidine groups is 1. The number of nitrogens with zero attached hydrogens (tertiary/aromatic N) is 3. The first-order chi connectivity index (χ1) is 12.4. The van der Waals surface area contributed by atoms with Crippen LogP contribution in [0.4, 0.5) is 0 Å². The minimum atomic E-state index is -1.05. The summed E-state index contributed by atoms with van der Waals surface area (Å²) >= 11 is 1.59. The summed E-state index contributed by atoms with van der Waals surface area (Å²) in [5, 5.41) is 2.06. The van der Waals surface area contributed by atoms with Crippen molar-refractivity contribution in [2.45, 2.75) is 24.6 Å². The molecule has 4 rings (SSSR count). The van der Waals surface area contributed by atoms with E-state index in [1.165, 1.54) is 6.26 Å². The first-order valence-electron chi connectivity index (χ1n) is 8.11. The Morgan fingerprint density at radius 3 is 2.81 bits per heavy atom. The Bertz CT molecular complexity index is 992. The molecule has 2 atom stereocenters. The van der Waals surface area contributed by atoms with Crippen LogP contribution in [0.1, 0.15) is 24.8 Å². The Morgan fingerprint density at radius 1 is 1.27 bits per heavy atom. The van der Waals surface area contributed by atoms with Crippen LogP contribution in [0.2, 0.25) is 0 Å². The molecule has 1 aliphatic heterocycles. The van der Waals surface area contributed by atoms with Gasteiger partial charge in [-0.3, -0.25) is 14.2 Å². The molecular formula is C18H18N4O2S2. The molecule has 0 bridgehead atoms. The van der Waals surface area contributed by atoms with E-state index in [1.54, 1.807) is 29.9 Å². The van der Waals surface area contributed by atoms with E-state index in [9.17, 15) is 4.21 Å². The lowest BCUT2D eigenvalue weighted by molar-refractivity contribution is 0.574. The first-order valence-corrected chi connectivity index (χ1v) is 10.3. The van der Waals surface area contributed by atoms with Crippen LogP contribution >= 0.6 is 11.3 Å². The van der Waals surface area contributed by atoms with Crippen molar-refractivity contribution in [2.24, 2.45) is 10.7 Å². The van der Waals surface area contributed by atoms with Crippen LogP contribution in [0.25, 0.3) is 22.6 Å². The molecule has 8 heteroatoms. The van der Waals surface area contributed by atoms with Gasteiger partial charge in [-0.1, -0.05) is 0 Å². The maximum absolute atomic E-state index is 12.5. The van der Waals surface area contributed by atoms with E-state index in [0.29, 0.717) is 17.5 Å². The third-order valence-electron chi connectivity index (χ3n) is 4.49. The van der Waals surface area contributed by atoms with E-state index in [1.807, 2.05) is 19.9 Å². The highest BCUT2D eigenvalue weighted by atomic mass is 32.2. The van der Waals surface area contributed by atoms with Gasteiger partial charge in [0.25, 0.3) is 0 Å². The van der Waals surface area contributed by atoms with Crippen molar-refractivity contribution in [1.82, 2.24) is 9.97 Å². The van der Waals surface area contributed by atoms with Crippen molar-refractivity contribution < 1.29 is 8.63 Å². The molecule has 3 aromatic rings. The zero-order valence-electron chi connectivity index (χ0n) is 14.4. The average Bonchev–Trinajstić information content (AvgIpc) is 3.32. The normalized spacial score (nSPS) is 22.2. The summed E-state index contributed by atoms with van der Waals surface area (Å²) < 4.78 is 17.3. The molecule has 0 aliphatic carbocycles. The van der Waals surface area contributed by atoms with E-state index in [0.717, 1.165) is 21.6 Å². The van der Waals surface area contributed by atoms with Gasteiger partial charge in [0.15, 0.2) is 0 Å². The fourth-order valence-electron chi connectivity index (χ4n) is 2.73. The maximum Gasteiger partial charge on any atom is 0.227 e. The third-order valence-corrected chi connectivity index (χ3v) is 7.49. The number of hydrogen-bond donors (Lipinski definition) is 1. The highest BCUT2D eigenvalue weighted by molar-refractivity contribution is 7.87. The highest BCUT2D eigenvalue weighted by Crippen LogP contribution is 2.35. The van der Waals surface area contributed by atoms with Crippen LogP contribution in [-0.2, 0) is 10.8 Å². The Hall–Kier alpha value is -2.32. The van der Waals surface area contributed by atoms with Gasteiger partial charge in [0.2, 0.25) is 5.89 Å². The fourth-order valence-corrected chi connectivity index (χ4v) is 5.04. The second kappa shape index (κ2) is 6.44. The summed E-state index contributed by atoms with van der Waals surface area (Å²) in [5.74, 6) is 1.48. The largest absolute Gasteiger partial charge is 0.444 e. The molecule has 2 N–H and O–H groups in total. The topological polar surface area (TPSA) is 94.4 Å². The zero-order valence-corrected chi connectivity index (χ0v) is 16.0. The van der Waals surface area contributed by atoms with Crippen molar-refractivity contribution in [3.63, 3.8) is 0 Å². The molecule has 6 nitrogen and oxygen atoms in total. The number of thiophene rings is 1. The van der Waals surface area contributed by atoms with E-state index >= 15 is 0 Å². The predicted molar refractivity (Wildman–Crippen MR) is 104 cm³/mol. The molecule has 0 spiro atoms. The van der Waals surface area contributed by atoms with Crippen molar-refractivity contribution in [1.29, 1.82) is 0 Å². The van der Waals surface area contributed by atoms with Gasteiger partial charge in [-0.25, -0.2) is 4.98 Å². The van der Waals surface area contributed by atoms with Crippen molar-refractivity contribution >= 4 is 28.0 Å². The highest BCUT2D eigenvalue weighted by Gasteiger charge is 2.37. The summed E-state index contributed by atoms with van der Waals surface area (Å²) in [6, 6.07) is 3.90. The minimum Gasteiger partial charge on any atom is -0.444 e.